The van der Waals surface area contributed by atoms with Gasteiger partial charge in [-0.2, -0.15) is 0 Å². The summed E-state index contributed by atoms with van der Waals surface area (Å²) in [5.74, 6) is -0.245. The third-order valence-corrected chi connectivity index (χ3v) is 3.02. The molecule has 0 fully saturated rings. The molecule has 0 aliphatic carbocycles. The number of benzene rings is 2. The highest BCUT2D eigenvalue weighted by molar-refractivity contribution is 5.86. The van der Waals surface area contributed by atoms with Crippen LogP contribution in [0.3, 0.4) is 0 Å². The molecule has 1 unspecified atom stereocenters. The smallest absolute Gasteiger partial charge is 0.131 e. The van der Waals surface area contributed by atoms with E-state index in [4.69, 9.17) is 0 Å². The summed E-state index contributed by atoms with van der Waals surface area (Å²) in [6, 6.07) is 10.4. The van der Waals surface area contributed by atoms with Crippen molar-refractivity contribution in [2.45, 2.75) is 26.9 Å². The fourth-order valence-electron chi connectivity index (χ4n) is 1.99. The van der Waals surface area contributed by atoms with E-state index in [2.05, 4.69) is 0 Å². The molecule has 2 rings (SSSR count). The maximum atomic E-state index is 13.6. The third kappa shape index (κ3) is 2.18. The van der Waals surface area contributed by atoms with E-state index in [-0.39, 0.29) is 11.2 Å². The number of fused-ring (bicyclic) bond motifs is 1. The number of rotatable bonds is 1. The lowest BCUT2D eigenvalue weighted by Gasteiger charge is -2.27. The van der Waals surface area contributed by atoms with Crippen molar-refractivity contribution in [1.29, 1.82) is 0 Å². The Bertz CT molecular complexity index is 540. The Hall–Kier alpha value is -1.41. The summed E-state index contributed by atoms with van der Waals surface area (Å²) in [6.45, 7) is 5.90. The molecule has 90 valence electrons. The highest BCUT2D eigenvalue weighted by atomic mass is 19.1. The molecule has 0 spiro atoms. The van der Waals surface area contributed by atoms with Gasteiger partial charge in [-0.05, 0) is 22.4 Å². The van der Waals surface area contributed by atoms with Crippen molar-refractivity contribution in [1.82, 2.24) is 0 Å². The summed E-state index contributed by atoms with van der Waals surface area (Å²) in [6.07, 6.45) is -0.604. The molecule has 1 N–H and O–H groups in total. The Labute approximate surface area is 101 Å². The molecule has 2 aromatic rings. The number of hydrogen-bond donors (Lipinski definition) is 1. The van der Waals surface area contributed by atoms with Gasteiger partial charge in [-0.1, -0.05) is 51.1 Å². The van der Waals surface area contributed by atoms with Gasteiger partial charge in [-0.15, -0.1) is 0 Å². The van der Waals surface area contributed by atoms with Crippen LogP contribution < -0.4 is 0 Å². The molecule has 2 aromatic carbocycles. The lowest BCUT2D eigenvalue weighted by Crippen LogP contribution is -2.18. The molecule has 2 heteroatoms. The van der Waals surface area contributed by atoms with Crippen LogP contribution in [0.15, 0.2) is 36.4 Å². The average molecular weight is 232 g/mol. The molecule has 1 atom stereocenters. The summed E-state index contributed by atoms with van der Waals surface area (Å²) in [5.41, 5.74) is 0.523. The Morgan fingerprint density at radius 1 is 1.00 bits per heavy atom. The molecular formula is C15H17FO. The van der Waals surface area contributed by atoms with Crippen LogP contribution in [0, 0.1) is 11.2 Å². The molecule has 0 heterocycles. The van der Waals surface area contributed by atoms with Crippen LogP contribution in [0.25, 0.3) is 10.8 Å². The topological polar surface area (TPSA) is 20.2 Å². The quantitative estimate of drug-likeness (QED) is 0.786. The number of aliphatic hydroxyl groups is 1. The first-order valence-electron chi connectivity index (χ1n) is 5.76. The summed E-state index contributed by atoms with van der Waals surface area (Å²) in [5, 5.41) is 11.7. The molecule has 17 heavy (non-hydrogen) atoms. The molecule has 0 aliphatic rings. The van der Waals surface area contributed by atoms with Gasteiger partial charge in [0.25, 0.3) is 0 Å². The molecule has 0 amide bonds. The second-order valence-corrected chi connectivity index (χ2v) is 5.45. The van der Waals surface area contributed by atoms with E-state index in [1.807, 2.05) is 32.9 Å². The highest BCUT2D eigenvalue weighted by Crippen LogP contribution is 2.36. The predicted molar refractivity (Wildman–Crippen MR) is 68.3 cm³/mol. The van der Waals surface area contributed by atoms with Gasteiger partial charge >= 0.3 is 0 Å². The first-order chi connectivity index (χ1) is 7.91. The van der Waals surface area contributed by atoms with Crippen molar-refractivity contribution in [3.8, 4) is 0 Å². The second-order valence-electron chi connectivity index (χ2n) is 5.45. The summed E-state index contributed by atoms with van der Waals surface area (Å²) in [4.78, 5) is 0. The van der Waals surface area contributed by atoms with E-state index < -0.39 is 6.10 Å². The van der Waals surface area contributed by atoms with E-state index in [0.717, 1.165) is 10.9 Å². The normalized spacial score (nSPS) is 13.9. The van der Waals surface area contributed by atoms with Crippen LogP contribution in [0.5, 0.6) is 0 Å². The maximum absolute atomic E-state index is 13.6. The van der Waals surface area contributed by atoms with Gasteiger partial charge in [0, 0.05) is 5.39 Å². The van der Waals surface area contributed by atoms with E-state index in [9.17, 15) is 9.50 Å². The molecular weight excluding hydrogens is 215 g/mol. The lowest BCUT2D eigenvalue weighted by atomic mass is 9.83. The van der Waals surface area contributed by atoms with Crippen LogP contribution in [0.1, 0.15) is 32.4 Å². The van der Waals surface area contributed by atoms with Gasteiger partial charge in [0.2, 0.25) is 0 Å². The van der Waals surface area contributed by atoms with Crippen molar-refractivity contribution in [2.75, 3.05) is 0 Å². The van der Waals surface area contributed by atoms with Crippen LogP contribution >= 0.6 is 0 Å². The molecule has 0 saturated carbocycles. The van der Waals surface area contributed by atoms with Crippen molar-refractivity contribution in [3.05, 3.63) is 47.8 Å². The van der Waals surface area contributed by atoms with Gasteiger partial charge < -0.3 is 5.11 Å². The third-order valence-electron chi connectivity index (χ3n) is 3.02. The zero-order valence-electron chi connectivity index (χ0n) is 10.4. The first-order valence-corrected chi connectivity index (χ1v) is 5.76. The molecule has 0 aliphatic heterocycles. The van der Waals surface area contributed by atoms with Crippen LogP contribution in [0.4, 0.5) is 4.39 Å². The molecule has 0 saturated heterocycles. The van der Waals surface area contributed by atoms with E-state index in [1.165, 1.54) is 6.07 Å². The zero-order valence-corrected chi connectivity index (χ0v) is 10.4. The lowest BCUT2D eigenvalue weighted by molar-refractivity contribution is 0.0639. The van der Waals surface area contributed by atoms with Crippen LogP contribution in [0.2, 0.25) is 0 Å². The maximum Gasteiger partial charge on any atom is 0.131 e. The fraction of sp³-hybridized carbons (Fsp3) is 0.333. The molecule has 0 bridgehead atoms. The van der Waals surface area contributed by atoms with Gasteiger partial charge in [0.05, 0.1) is 6.10 Å². The fourth-order valence-corrected chi connectivity index (χ4v) is 1.99. The minimum atomic E-state index is -0.604. The Morgan fingerprint density at radius 3 is 2.18 bits per heavy atom. The van der Waals surface area contributed by atoms with E-state index >= 15 is 0 Å². The SMILES string of the molecule is CC(C)(C)C(O)c1ccc(F)c2ccccc12. The average Bonchev–Trinajstić information content (AvgIpc) is 2.28. The minimum absolute atomic E-state index is 0.245. The van der Waals surface area contributed by atoms with Gasteiger partial charge in [-0.25, -0.2) is 4.39 Å². The molecule has 1 nitrogen and oxygen atoms in total. The molecule has 0 radical (unpaired) electrons. The van der Waals surface area contributed by atoms with Crippen molar-refractivity contribution < 1.29 is 9.50 Å². The van der Waals surface area contributed by atoms with Crippen molar-refractivity contribution in [2.24, 2.45) is 5.41 Å². The summed E-state index contributed by atoms with van der Waals surface area (Å²) in [7, 11) is 0. The van der Waals surface area contributed by atoms with E-state index in [0.29, 0.717) is 5.39 Å². The first kappa shape index (κ1) is 12.1. The predicted octanol–water partition coefficient (Wildman–Crippen LogP) is 4.06. The number of aliphatic hydroxyl groups excluding tert-OH is 1. The number of halogens is 1. The largest absolute Gasteiger partial charge is 0.388 e. The minimum Gasteiger partial charge on any atom is -0.388 e. The Kier molecular flexibility index (Phi) is 2.92. The van der Waals surface area contributed by atoms with E-state index in [1.54, 1.807) is 18.2 Å². The standard InChI is InChI=1S/C15H17FO/c1-15(2,3)14(17)12-8-9-13(16)11-7-5-4-6-10(11)12/h4-9,14,17H,1-3H3. The van der Waals surface area contributed by atoms with Crippen molar-refractivity contribution >= 4 is 10.8 Å². The van der Waals surface area contributed by atoms with Crippen LogP contribution in [-0.2, 0) is 0 Å². The zero-order chi connectivity index (χ0) is 12.6. The van der Waals surface area contributed by atoms with Gasteiger partial charge in [0.15, 0.2) is 0 Å². The second kappa shape index (κ2) is 4.11. The number of hydrogen-bond acceptors (Lipinski definition) is 1. The molecule has 0 aromatic heterocycles. The van der Waals surface area contributed by atoms with Gasteiger partial charge in [-0.3, -0.25) is 0 Å². The van der Waals surface area contributed by atoms with Gasteiger partial charge in [0.1, 0.15) is 5.82 Å². The van der Waals surface area contributed by atoms with Crippen molar-refractivity contribution in [3.63, 3.8) is 0 Å². The Morgan fingerprint density at radius 2 is 1.59 bits per heavy atom. The van der Waals surface area contributed by atoms with Crippen LogP contribution in [-0.4, -0.2) is 5.11 Å². The highest BCUT2D eigenvalue weighted by Gasteiger charge is 2.25. The Balaban J connectivity index is 2.67. The summed E-state index contributed by atoms with van der Waals surface area (Å²) >= 11 is 0. The summed E-state index contributed by atoms with van der Waals surface area (Å²) < 4.78 is 13.6. The monoisotopic (exact) mass is 232 g/mol.